The maximum atomic E-state index is 13.2. The van der Waals surface area contributed by atoms with Crippen LogP contribution in [-0.2, 0) is 6.54 Å². The fourth-order valence-corrected chi connectivity index (χ4v) is 2.99. The first-order valence-electron chi connectivity index (χ1n) is 7.51. The monoisotopic (exact) mass is 337 g/mol. The summed E-state index contributed by atoms with van der Waals surface area (Å²) in [5.41, 5.74) is 8.17. The van der Waals surface area contributed by atoms with E-state index in [1.807, 2.05) is 24.3 Å². The first-order valence-corrected chi connectivity index (χ1v) is 7.89. The lowest BCUT2D eigenvalue weighted by Gasteiger charge is -2.19. The molecule has 0 aromatic heterocycles. The third-order valence-electron chi connectivity index (χ3n) is 3.98. The Kier molecular flexibility index (Phi) is 5.23. The van der Waals surface area contributed by atoms with Crippen LogP contribution in [0.5, 0.6) is 0 Å². The molecule has 1 heterocycles. The van der Waals surface area contributed by atoms with Crippen LogP contribution in [0.3, 0.4) is 0 Å². The molecule has 2 aromatic rings. The normalized spacial score (nSPS) is 20.8. The lowest BCUT2D eigenvalue weighted by molar-refractivity contribution is 0.441. The highest BCUT2D eigenvalue weighted by molar-refractivity contribution is 6.30. The quantitative estimate of drug-likeness (QED) is 0.784. The lowest BCUT2D eigenvalue weighted by atomic mass is 9.95. The zero-order valence-corrected chi connectivity index (χ0v) is 13.2. The largest absolute Gasteiger partial charge is 0.312 e. The first-order chi connectivity index (χ1) is 11.1. The molecule has 2 unspecified atom stereocenters. The molecule has 1 aliphatic rings. The van der Waals surface area contributed by atoms with Crippen molar-refractivity contribution in [1.29, 1.82) is 0 Å². The van der Waals surface area contributed by atoms with Crippen molar-refractivity contribution in [2.45, 2.75) is 12.6 Å². The fourth-order valence-electron chi connectivity index (χ4n) is 2.87. The molecular weight excluding hydrogens is 320 g/mol. The summed E-state index contributed by atoms with van der Waals surface area (Å²) in [4.78, 5) is 0. The highest BCUT2D eigenvalue weighted by Crippen LogP contribution is 2.25. The number of benzene rings is 2. The molecule has 0 radical (unpaired) electrons. The predicted molar refractivity (Wildman–Crippen MR) is 86.9 cm³/mol. The molecule has 2 atom stereocenters. The Morgan fingerprint density at radius 1 is 1.09 bits per heavy atom. The van der Waals surface area contributed by atoms with E-state index < -0.39 is 11.6 Å². The summed E-state index contributed by atoms with van der Waals surface area (Å²) in [7, 11) is 0. The summed E-state index contributed by atoms with van der Waals surface area (Å²) in [6.45, 7) is 1.97. The molecule has 3 N–H and O–H groups in total. The third-order valence-corrected chi connectivity index (χ3v) is 4.23. The summed E-state index contributed by atoms with van der Waals surface area (Å²) in [6, 6.07) is 11.5. The molecular formula is C17H18ClF2N3. The Balaban J connectivity index is 1.57. The van der Waals surface area contributed by atoms with Gasteiger partial charge in [-0.2, -0.15) is 0 Å². The first kappa shape index (κ1) is 16.3. The van der Waals surface area contributed by atoms with E-state index in [1.165, 1.54) is 12.1 Å². The van der Waals surface area contributed by atoms with Crippen LogP contribution < -0.4 is 16.2 Å². The standard InChI is InChI=1S/C17H18ClF2N3/c18-14-3-1-12(2-4-14)17-13(10-22-23-17)9-21-8-11-5-15(19)7-16(20)6-11/h1-7,13,17,21-23H,8-10H2. The van der Waals surface area contributed by atoms with Gasteiger partial charge in [0.2, 0.25) is 0 Å². The molecule has 23 heavy (non-hydrogen) atoms. The van der Waals surface area contributed by atoms with Crippen molar-refractivity contribution in [3.05, 3.63) is 70.2 Å². The fraction of sp³-hybridized carbons (Fsp3) is 0.294. The molecule has 1 fully saturated rings. The zero-order valence-electron chi connectivity index (χ0n) is 12.5. The maximum Gasteiger partial charge on any atom is 0.126 e. The van der Waals surface area contributed by atoms with Gasteiger partial charge in [0.15, 0.2) is 0 Å². The second-order valence-corrected chi connectivity index (χ2v) is 6.16. The van der Waals surface area contributed by atoms with Gasteiger partial charge in [-0.3, -0.25) is 5.43 Å². The van der Waals surface area contributed by atoms with Gasteiger partial charge in [-0.05, 0) is 35.4 Å². The highest BCUT2D eigenvalue weighted by Gasteiger charge is 2.27. The van der Waals surface area contributed by atoms with Crippen LogP contribution in [0, 0.1) is 17.6 Å². The molecule has 0 saturated carbocycles. The third kappa shape index (κ3) is 4.26. The SMILES string of the molecule is Fc1cc(F)cc(CNCC2CNNC2c2ccc(Cl)cc2)c1. The lowest BCUT2D eigenvalue weighted by Crippen LogP contribution is -2.28. The van der Waals surface area contributed by atoms with Crippen LogP contribution in [0.4, 0.5) is 8.78 Å². The minimum atomic E-state index is -0.551. The number of halogens is 3. The molecule has 1 saturated heterocycles. The molecule has 1 aliphatic heterocycles. The minimum Gasteiger partial charge on any atom is -0.312 e. The number of nitrogens with one attached hydrogen (secondary N) is 3. The topological polar surface area (TPSA) is 36.1 Å². The van der Waals surface area contributed by atoms with Gasteiger partial charge in [0.05, 0.1) is 6.04 Å². The second kappa shape index (κ2) is 7.36. The van der Waals surface area contributed by atoms with Crippen molar-refractivity contribution in [3.63, 3.8) is 0 Å². The Hall–Kier alpha value is -1.53. The van der Waals surface area contributed by atoms with E-state index in [2.05, 4.69) is 16.2 Å². The molecule has 3 nitrogen and oxygen atoms in total. The van der Waals surface area contributed by atoms with Crippen LogP contribution in [0.25, 0.3) is 0 Å². The summed E-state index contributed by atoms with van der Waals surface area (Å²) < 4.78 is 26.3. The molecule has 122 valence electrons. The summed E-state index contributed by atoms with van der Waals surface area (Å²) in [6.07, 6.45) is 0. The Morgan fingerprint density at radius 2 is 1.78 bits per heavy atom. The van der Waals surface area contributed by atoms with Gasteiger partial charge in [0.25, 0.3) is 0 Å². The van der Waals surface area contributed by atoms with Gasteiger partial charge in [0.1, 0.15) is 11.6 Å². The molecule has 0 spiro atoms. The van der Waals surface area contributed by atoms with Gasteiger partial charge in [-0.15, -0.1) is 0 Å². The number of hydrogen-bond acceptors (Lipinski definition) is 3. The van der Waals surface area contributed by atoms with Crippen molar-refractivity contribution in [2.75, 3.05) is 13.1 Å². The molecule has 6 heteroatoms. The van der Waals surface area contributed by atoms with E-state index >= 15 is 0 Å². The van der Waals surface area contributed by atoms with Gasteiger partial charge in [0, 0.05) is 36.6 Å². The van der Waals surface area contributed by atoms with Crippen molar-refractivity contribution >= 4 is 11.6 Å². The maximum absolute atomic E-state index is 13.2. The van der Waals surface area contributed by atoms with E-state index in [0.717, 1.165) is 24.7 Å². The average molecular weight is 338 g/mol. The average Bonchev–Trinajstić information content (AvgIpc) is 2.95. The summed E-state index contributed by atoms with van der Waals surface area (Å²) in [5, 5.41) is 3.98. The molecule has 0 bridgehead atoms. The minimum absolute atomic E-state index is 0.170. The van der Waals surface area contributed by atoms with E-state index in [4.69, 9.17) is 11.6 Å². The second-order valence-electron chi connectivity index (χ2n) is 5.72. The van der Waals surface area contributed by atoms with Crippen molar-refractivity contribution in [1.82, 2.24) is 16.2 Å². The molecule has 0 amide bonds. The van der Waals surface area contributed by atoms with Gasteiger partial charge in [-0.1, -0.05) is 23.7 Å². The van der Waals surface area contributed by atoms with Gasteiger partial charge < -0.3 is 5.32 Å². The van der Waals surface area contributed by atoms with Crippen molar-refractivity contribution in [3.8, 4) is 0 Å². The van der Waals surface area contributed by atoms with Gasteiger partial charge >= 0.3 is 0 Å². The van der Waals surface area contributed by atoms with E-state index in [9.17, 15) is 8.78 Å². The smallest absolute Gasteiger partial charge is 0.126 e. The van der Waals surface area contributed by atoms with Gasteiger partial charge in [-0.25, -0.2) is 14.2 Å². The molecule has 3 rings (SSSR count). The number of rotatable bonds is 5. The van der Waals surface area contributed by atoms with E-state index in [1.54, 1.807) is 0 Å². The van der Waals surface area contributed by atoms with Crippen molar-refractivity contribution in [2.24, 2.45) is 5.92 Å². The van der Waals surface area contributed by atoms with Crippen LogP contribution in [0.15, 0.2) is 42.5 Å². The zero-order chi connectivity index (χ0) is 16.2. The molecule has 0 aliphatic carbocycles. The van der Waals surface area contributed by atoms with Crippen LogP contribution in [-0.4, -0.2) is 13.1 Å². The van der Waals surface area contributed by atoms with Crippen molar-refractivity contribution < 1.29 is 8.78 Å². The van der Waals surface area contributed by atoms with Crippen LogP contribution >= 0.6 is 11.6 Å². The Bertz CT molecular complexity index is 643. The number of hydrogen-bond donors (Lipinski definition) is 3. The predicted octanol–water partition coefficient (Wildman–Crippen LogP) is 3.17. The number of hydrazine groups is 1. The Morgan fingerprint density at radius 3 is 2.48 bits per heavy atom. The summed E-state index contributed by atoms with van der Waals surface area (Å²) in [5.74, 6) is -0.773. The summed E-state index contributed by atoms with van der Waals surface area (Å²) >= 11 is 5.92. The highest BCUT2D eigenvalue weighted by atomic mass is 35.5. The van der Waals surface area contributed by atoms with E-state index in [0.29, 0.717) is 23.0 Å². The molecule has 2 aromatic carbocycles. The van der Waals surface area contributed by atoms with E-state index in [-0.39, 0.29) is 6.04 Å². The van der Waals surface area contributed by atoms with Crippen LogP contribution in [0.2, 0.25) is 5.02 Å². The van der Waals surface area contributed by atoms with Crippen LogP contribution in [0.1, 0.15) is 17.2 Å². The Labute approximate surface area is 139 Å².